The Morgan fingerprint density at radius 3 is 2.92 bits per heavy atom. The van der Waals surface area contributed by atoms with E-state index in [1.165, 1.54) is 6.20 Å². The van der Waals surface area contributed by atoms with Crippen molar-refractivity contribution in [1.82, 2.24) is 9.55 Å². The molecule has 1 atom stereocenters. The summed E-state index contributed by atoms with van der Waals surface area (Å²) in [5, 5.41) is 9.16. The summed E-state index contributed by atoms with van der Waals surface area (Å²) >= 11 is 0. The number of carbonyl (C=O) groups is 1. The Morgan fingerprint density at radius 2 is 2.28 bits per heavy atom. The molecule has 0 aromatic carbocycles. The number of piperidine rings is 1. The molecule has 0 radical (unpaired) electrons. The molecule has 1 saturated heterocycles. The van der Waals surface area contributed by atoms with Crippen LogP contribution in [-0.2, 0) is 6.54 Å². The van der Waals surface area contributed by atoms with Gasteiger partial charge in [0.2, 0.25) is 5.43 Å². The number of hydrogen-bond acceptors (Lipinski definition) is 5. The molecule has 0 amide bonds. The van der Waals surface area contributed by atoms with Gasteiger partial charge >= 0.3 is 5.97 Å². The third-order valence-electron chi connectivity index (χ3n) is 4.71. The number of halogens is 1. The van der Waals surface area contributed by atoms with Crippen molar-refractivity contribution in [3.8, 4) is 0 Å². The second-order valence-electron chi connectivity index (χ2n) is 6.32. The quantitative estimate of drug-likeness (QED) is 0.867. The van der Waals surface area contributed by atoms with Gasteiger partial charge in [0.15, 0.2) is 11.6 Å². The highest BCUT2D eigenvalue weighted by molar-refractivity contribution is 5.92. The number of nitrogens with two attached hydrogens (primary N) is 1. The number of nitrogens with zero attached hydrogens (tertiary/aromatic N) is 3. The van der Waals surface area contributed by atoms with Gasteiger partial charge in [-0.3, -0.25) is 4.79 Å². The first-order valence-electron chi connectivity index (χ1n) is 8.38. The zero-order valence-electron chi connectivity index (χ0n) is 14.0. The number of rotatable bonds is 4. The van der Waals surface area contributed by atoms with E-state index in [2.05, 4.69) is 4.98 Å². The first-order chi connectivity index (χ1) is 12.0. The fraction of sp³-hybridized carbons (Fsp3) is 0.471. The highest BCUT2D eigenvalue weighted by Gasteiger charge is 2.24. The molecule has 8 heteroatoms. The molecular formula is C17H21FN4O3. The summed E-state index contributed by atoms with van der Waals surface area (Å²) in [5.74, 6) is -1.48. The minimum atomic E-state index is -1.33. The lowest BCUT2D eigenvalue weighted by molar-refractivity contribution is 0.0695. The van der Waals surface area contributed by atoms with Crippen LogP contribution in [0.2, 0.25) is 0 Å². The third kappa shape index (κ3) is 3.09. The van der Waals surface area contributed by atoms with Crippen LogP contribution < -0.4 is 16.1 Å². The summed E-state index contributed by atoms with van der Waals surface area (Å²) in [7, 11) is 0. The lowest BCUT2D eigenvalue weighted by atomic mass is 9.98. The largest absolute Gasteiger partial charge is 0.477 e. The van der Waals surface area contributed by atoms with E-state index in [0.29, 0.717) is 31.8 Å². The summed E-state index contributed by atoms with van der Waals surface area (Å²) in [6.45, 7) is 4.06. The van der Waals surface area contributed by atoms with Crippen molar-refractivity contribution in [3.63, 3.8) is 0 Å². The summed E-state index contributed by atoms with van der Waals surface area (Å²) < 4.78 is 16.2. The summed E-state index contributed by atoms with van der Waals surface area (Å²) in [4.78, 5) is 29.8. The molecule has 25 heavy (non-hydrogen) atoms. The van der Waals surface area contributed by atoms with Crippen LogP contribution in [0.5, 0.6) is 0 Å². The molecule has 7 nitrogen and oxygen atoms in total. The molecule has 2 aromatic heterocycles. The molecule has 1 aliphatic rings. The van der Waals surface area contributed by atoms with Crippen molar-refractivity contribution < 1.29 is 14.3 Å². The molecule has 3 heterocycles. The van der Waals surface area contributed by atoms with Crippen LogP contribution in [0.25, 0.3) is 11.0 Å². The maximum absolute atomic E-state index is 14.7. The van der Waals surface area contributed by atoms with Crippen LogP contribution in [0.3, 0.4) is 0 Å². The SMILES string of the molecule is CCn1cc(C(=O)O)c(=O)c2cc(F)c(N3CCCC(CN)C3)nc21. The Labute approximate surface area is 143 Å². The van der Waals surface area contributed by atoms with E-state index in [4.69, 9.17) is 5.73 Å². The van der Waals surface area contributed by atoms with Crippen molar-refractivity contribution >= 4 is 22.8 Å². The average molecular weight is 348 g/mol. The molecule has 2 aromatic rings. The van der Waals surface area contributed by atoms with Crippen molar-refractivity contribution in [2.45, 2.75) is 26.3 Å². The van der Waals surface area contributed by atoms with Gasteiger partial charge in [-0.1, -0.05) is 0 Å². The smallest absolute Gasteiger partial charge is 0.341 e. The molecule has 3 rings (SSSR count). The number of anilines is 1. The first-order valence-corrected chi connectivity index (χ1v) is 8.38. The minimum absolute atomic E-state index is 0.0182. The standard InChI is InChI=1S/C17H21FN4O3/c1-2-21-9-12(17(24)25)14(23)11-6-13(18)16(20-15(11)21)22-5-3-4-10(7-19)8-22/h6,9-10H,2-5,7-8,19H2,1H3,(H,24,25). The number of hydrogen-bond donors (Lipinski definition) is 2. The van der Waals surface area contributed by atoms with Crippen LogP contribution in [0.1, 0.15) is 30.1 Å². The Kier molecular flexibility index (Phi) is 4.71. The lowest BCUT2D eigenvalue weighted by Gasteiger charge is -2.33. The molecule has 134 valence electrons. The summed E-state index contributed by atoms with van der Waals surface area (Å²) in [6.07, 6.45) is 3.17. The number of carboxylic acids is 1. The van der Waals surface area contributed by atoms with Crippen molar-refractivity contribution in [1.29, 1.82) is 0 Å². The highest BCUT2D eigenvalue weighted by atomic mass is 19.1. The maximum atomic E-state index is 14.7. The predicted molar refractivity (Wildman–Crippen MR) is 92.6 cm³/mol. The van der Waals surface area contributed by atoms with E-state index in [-0.39, 0.29) is 22.7 Å². The van der Waals surface area contributed by atoms with Gasteiger partial charge in [0, 0.05) is 25.8 Å². The van der Waals surface area contributed by atoms with Gasteiger partial charge in [-0.25, -0.2) is 14.2 Å². The Morgan fingerprint density at radius 1 is 1.52 bits per heavy atom. The number of carboxylic acid groups (broad SMARTS) is 1. The fourth-order valence-electron chi connectivity index (χ4n) is 3.34. The van der Waals surface area contributed by atoms with Crippen molar-refractivity contribution in [3.05, 3.63) is 33.9 Å². The van der Waals surface area contributed by atoms with E-state index in [1.54, 1.807) is 4.57 Å². The average Bonchev–Trinajstić information content (AvgIpc) is 2.61. The molecule has 0 bridgehead atoms. The van der Waals surface area contributed by atoms with Gasteiger partial charge < -0.3 is 20.3 Å². The van der Waals surface area contributed by atoms with E-state index < -0.39 is 17.2 Å². The van der Waals surface area contributed by atoms with Gasteiger partial charge in [0.1, 0.15) is 11.2 Å². The Balaban J connectivity index is 2.17. The first kappa shape index (κ1) is 17.3. The highest BCUT2D eigenvalue weighted by Crippen LogP contribution is 2.26. The Bertz CT molecular complexity index is 880. The van der Waals surface area contributed by atoms with Crippen LogP contribution in [0.15, 0.2) is 17.1 Å². The normalized spacial score (nSPS) is 17.9. The zero-order chi connectivity index (χ0) is 18.1. The van der Waals surface area contributed by atoms with Gasteiger partial charge in [-0.2, -0.15) is 0 Å². The Hall–Kier alpha value is -2.48. The third-order valence-corrected chi connectivity index (χ3v) is 4.71. The van der Waals surface area contributed by atoms with Crippen LogP contribution in [-0.4, -0.2) is 40.3 Å². The molecule has 1 unspecified atom stereocenters. The molecule has 1 fully saturated rings. The van der Waals surface area contributed by atoms with E-state index in [0.717, 1.165) is 18.9 Å². The number of pyridine rings is 2. The molecule has 3 N–H and O–H groups in total. The summed E-state index contributed by atoms with van der Waals surface area (Å²) in [6, 6.07) is 1.10. The van der Waals surface area contributed by atoms with Crippen LogP contribution in [0.4, 0.5) is 10.2 Å². The van der Waals surface area contributed by atoms with E-state index in [9.17, 15) is 19.1 Å². The van der Waals surface area contributed by atoms with E-state index in [1.807, 2.05) is 11.8 Å². The molecule has 0 aliphatic carbocycles. The monoisotopic (exact) mass is 348 g/mol. The summed E-state index contributed by atoms with van der Waals surface area (Å²) in [5.41, 5.74) is 4.93. The van der Waals surface area contributed by atoms with Crippen molar-refractivity contribution in [2.24, 2.45) is 11.7 Å². The fourth-order valence-corrected chi connectivity index (χ4v) is 3.34. The van der Waals surface area contributed by atoms with Crippen molar-refractivity contribution in [2.75, 3.05) is 24.5 Å². The predicted octanol–water partition coefficient (Wildman–Crippen LogP) is 1.43. The van der Waals surface area contributed by atoms with Crippen LogP contribution >= 0.6 is 0 Å². The number of aryl methyl sites for hydroxylation is 1. The molecule has 1 aliphatic heterocycles. The molecular weight excluding hydrogens is 327 g/mol. The number of aromatic carboxylic acids is 1. The lowest BCUT2D eigenvalue weighted by Crippen LogP contribution is -2.39. The van der Waals surface area contributed by atoms with Gasteiger partial charge in [0.05, 0.1) is 5.39 Å². The van der Waals surface area contributed by atoms with Gasteiger partial charge in [0.25, 0.3) is 0 Å². The maximum Gasteiger partial charge on any atom is 0.341 e. The number of fused-ring (bicyclic) bond motifs is 1. The minimum Gasteiger partial charge on any atom is -0.477 e. The second kappa shape index (κ2) is 6.79. The van der Waals surface area contributed by atoms with Gasteiger partial charge in [-0.05, 0) is 38.3 Å². The second-order valence-corrected chi connectivity index (χ2v) is 6.32. The van der Waals surface area contributed by atoms with Crippen LogP contribution in [0, 0.1) is 11.7 Å². The zero-order valence-corrected chi connectivity index (χ0v) is 14.0. The number of aromatic nitrogens is 2. The van der Waals surface area contributed by atoms with E-state index >= 15 is 0 Å². The molecule has 0 saturated carbocycles. The molecule has 0 spiro atoms. The topological polar surface area (TPSA) is 101 Å². The van der Waals surface area contributed by atoms with Gasteiger partial charge in [-0.15, -0.1) is 0 Å².